The summed E-state index contributed by atoms with van der Waals surface area (Å²) in [4.78, 5) is -1.95. The summed E-state index contributed by atoms with van der Waals surface area (Å²) >= 11 is 0. The van der Waals surface area contributed by atoms with Crippen molar-refractivity contribution >= 4 is 25.9 Å². The van der Waals surface area contributed by atoms with Crippen LogP contribution in [0.5, 0.6) is 0 Å². The molecule has 0 spiro atoms. The molecule has 0 aromatic heterocycles. The molecule has 16 heavy (non-hydrogen) atoms. The van der Waals surface area contributed by atoms with E-state index in [1.54, 1.807) is 0 Å². The van der Waals surface area contributed by atoms with Gasteiger partial charge < -0.3 is 5.73 Å². The second-order valence-electron chi connectivity index (χ2n) is 3.06. The molecule has 0 saturated heterocycles. The predicted molar refractivity (Wildman–Crippen MR) is 53.6 cm³/mol. The highest BCUT2D eigenvalue weighted by molar-refractivity contribution is 7.89. The average molecular weight is 266 g/mol. The van der Waals surface area contributed by atoms with Gasteiger partial charge in [-0.2, -0.15) is 16.8 Å². The Kier molecular flexibility index (Phi) is 2.98. The number of aryl methyl sites for hydroxylation is 1. The Hall–Kier alpha value is -1.16. The fraction of sp³-hybridized carbons (Fsp3) is 0.143. The summed E-state index contributed by atoms with van der Waals surface area (Å²) in [6, 6.07) is 1.47. The third kappa shape index (κ3) is 2.50. The molecule has 0 saturated carbocycles. The molecule has 1 aromatic carbocycles. The lowest BCUT2D eigenvalue weighted by Gasteiger charge is -2.07. The van der Waals surface area contributed by atoms with Crippen molar-refractivity contribution in [2.45, 2.75) is 16.7 Å². The first kappa shape index (κ1) is 12.9. The van der Waals surface area contributed by atoms with Gasteiger partial charge in [-0.15, -0.1) is 0 Å². The Balaban J connectivity index is 3.80. The molecule has 0 unspecified atom stereocenters. The van der Waals surface area contributed by atoms with Crippen LogP contribution < -0.4 is 5.73 Å². The average Bonchev–Trinajstić information content (AvgIpc) is 2.05. The van der Waals surface area contributed by atoms with Crippen LogP contribution in [0.15, 0.2) is 21.9 Å². The van der Waals surface area contributed by atoms with Crippen LogP contribution in [-0.4, -0.2) is 25.9 Å². The Morgan fingerprint density at radius 1 is 1.00 bits per heavy atom. The fourth-order valence-corrected chi connectivity index (χ4v) is 2.92. The third-order valence-electron chi connectivity index (χ3n) is 1.85. The molecule has 0 bridgehead atoms. The van der Waals surface area contributed by atoms with Crippen LogP contribution in [0.25, 0.3) is 0 Å². The summed E-state index contributed by atoms with van der Waals surface area (Å²) in [5, 5.41) is 0. The van der Waals surface area contributed by atoms with Gasteiger partial charge in [0.2, 0.25) is 0 Å². The standard InChI is InChI=1S/C7H8NO6S2/c1-4-2-6(15(9,10)11)7(3-5(4)8)16(12,13)14/h2-3,8H,1H3,(H,9,10,11)(H,12,13,14). The van der Waals surface area contributed by atoms with E-state index in [1.807, 2.05) is 0 Å². The molecule has 0 fully saturated rings. The molecule has 0 aliphatic carbocycles. The highest BCUT2D eigenvalue weighted by Crippen LogP contribution is 2.26. The fourth-order valence-electron chi connectivity index (χ4n) is 1.06. The van der Waals surface area contributed by atoms with Crippen molar-refractivity contribution in [1.29, 1.82) is 0 Å². The first-order valence-corrected chi connectivity index (χ1v) is 6.72. The van der Waals surface area contributed by atoms with Crippen molar-refractivity contribution < 1.29 is 25.9 Å². The molecule has 0 atom stereocenters. The van der Waals surface area contributed by atoms with E-state index in [9.17, 15) is 16.8 Å². The Bertz CT molecular complexity index is 574. The Labute approximate surface area is 92.4 Å². The van der Waals surface area contributed by atoms with Crippen LogP contribution in [0, 0.1) is 6.92 Å². The topological polar surface area (TPSA) is 133 Å². The molecular formula is C7H8NO6S2. The van der Waals surface area contributed by atoms with Gasteiger partial charge in [0.05, 0.1) is 5.69 Å². The van der Waals surface area contributed by atoms with Crippen molar-refractivity contribution in [2.24, 2.45) is 0 Å². The zero-order chi connectivity index (χ0) is 12.7. The van der Waals surface area contributed by atoms with Gasteiger partial charge in [-0.25, -0.2) is 0 Å². The molecule has 3 N–H and O–H groups in total. The van der Waals surface area contributed by atoms with Gasteiger partial charge in [-0.3, -0.25) is 9.11 Å². The zero-order valence-corrected chi connectivity index (χ0v) is 9.63. The van der Waals surface area contributed by atoms with Crippen LogP contribution in [0.2, 0.25) is 0 Å². The van der Waals surface area contributed by atoms with E-state index in [1.165, 1.54) is 6.92 Å². The predicted octanol–water partition coefficient (Wildman–Crippen LogP) is 0.403. The van der Waals surface area contributed by atoms with Crippen LogP contribution >= 0.6 is 0 Å². The second kappa shape index (κ2) is 3.70. The summed E-state index contributed by atoms with van der Waals surface area (Å²) in [6.07, 6.45) is 0. The maximum atomic E-state index is 10.9. The molecule has 9 heteroatoms. The maximum Gasteiger partial charge on any atom is 0.295 e. The number of rotatable bonds is 2. The molecule has 0 heterocycles. The van der Waals surface area contributed by atoms with Crippen molar-refractivity contribution in [3.05, 3.63) is 17.7 Å². The van der Waals surface area contributed by atoms with Gasteiger partial charge in [-0.05, 0) is 24.6 Å². The summed E-state index contributed by atoms with van der Waals surface area (Å²) in [6.45, 7) is 1.37. The van der Waals surface area contributed by atoms with Crippen molar-refractivity contribution in [3.63, 3.8) is 0 Å². The van der Waals surface area contributed by atoms with Crippen molar-refractivity contribution in [3.8, 4) is 0 Å². The van der Waals surface area contributed by atoms with E-state index in [4.69, 9.17) is 14.8 Å². The van der Waals surface area contributed by atoms with E-state index in [0.29, 0.717) is 6.07 Å². The molecule has 0 amide bonds. The minimum Gasteiger partial charge on any atom is -0.301 e. The highest BCUT2D eigenvalue weighted by Gasteiger charge is 2.24. The first-order valence-electron chi connectivity index (χ1n) is 3.84. The Morgan fingerprint density at radius 3 is 1.75 bits per heavy atom. The van der Waals surface area contributed by atoms with Crippen LogP contribution in [-0.2, 0) is 20.2 Å². The largest absolute Gasteiger partial charge is 0.301 e. The molecule has 1 rings (SSSR count). The quantitative estimate of drug-likeness (QED) is 0.744. The monoisotopic (exact) mass is 266 g/mol. The SMILES string of the molecule is Cc1cc(S(=O)(=O)O)c(S(=O)(=O)O)cc1[NH]. The van der Waals surface area contributed by atoms with Crippen molar-refractivity contribution in [2.75, 3.05) is 0 Å². The van der Waals surface area contributed by atoms with Crippen LogP contribution in [0.4, 0.5) is 5.69 Å². The molecular weight excluding hydrogens is 258 g/mol. The lowest BCUT2D eigenvalue weighted by Crippen LogP contribution is -2.09. The molecule has 1 radical (unpaired) electrons. The minimum atomic E-state index is -4.82. The highest BCUT2D eigenvalue weighted by atomic mass is 32.2. The van der Waals surface area contributed by atoms with E-state index in [0.717, 1.165) is 6.07 Å². The van der Waals surface area contributed by atoms with Gasteiger partial charge >= 0.3 is 0 Å². The summed E-state index contributed by atoms with van der Waals surface area (Å²) in [5.74, 6) is 0. The summed E-state index contributed by atoms with van der Waals surface area (Å²) in [7, 11) is -9.59. The van der Waals surface area contributed by atoms with Gasteiger partial charge in [-0.1, -0.05) is 0 Å². The van der Waals surface area contributed by atoms with E-state index in [2.05, 4.69) is 0 Å². The number of benzene rings is 1. The molecule has 0 aliphatic rings. The van der Waals surface area contributed by atoms with Gasteiger partial charge in [0.1, 0.15) is 9.79 Å². The maximum absolute atomic E-state index is 10.9. The lowest BCUT2D eigenvalue weighted by atomic mass is 10.2. The first-order chi connectivity index (χ1) is 7.03. The molecule has 7 nitrogen and oxygen atoms in total. The second-order valence-corrected chi connectivity index (χ2v) is 5.84. The van der Waals surface area contributed by atoms with Crippen LogP contribution in [0.1, 0.15) is 5.56 Å². The van der Waals surface area contributed by atoms with E-state index in [-0.39, 0.29) is 11.3 Å². The lowest BCUT2D eigenvalue weighted by molar-refractivity contribution is 0.466. The van der Waals surface area contributed by atoms with E-state index >= 15 is 0 Å². The number of hydrogen-bond donors (Lipinski definition) is 2. The van der Waals surface area contributed by atoms with Gasteiger partial charge in [0, 0.05) is 0 Å². The third-order valence-corrected chi connectivity index (χ3v) is 3.76. The van der Waals surface area contributed by atoms with Gasteiger partial charge in [0.15, 0.2) is 0 Å². The molecule has 1 aromatic rings. The van der Waals surface area contributed by atoms with Crippen LogP contribution in [0.3, 0.4) is 0 Å². The minimum absolute atomic E-state index is 0.153. The van der Waals surface area contributed by atoms with Crippen molar-refractivity contribution in [1.82, 2.24) is 5.73 Å². The smallest absolute Gasteiger partial charge is 0.295 e. The normalized spacial score (nSPS) is 12.7. The summed E-state index contributed by atoms with van der Waals surface area (Å²) in [5.41, 5.74) is 7.18. The molecule has 89 valence electrons. The number of hydrogen-bond acceptors (Lipinski definition) is 4. The van der Waals surface area contributed by atoms with E-state index < -0.39 is 30.0 Å². The molecule has 0 aliphatic heterocycles. The zero-order valence-electron chi connectivity index (χ0n) is 8.00. The number of nitrogens with one attached hydrogen (secondary N) is 1. The van der Waals surface area contributed by atoms with Gasteiger partial charge in [0.25, 0.3) is 20.2 Å². The Morgan fingerprint density at radius 2 is 1.38 bits per heavy atom. The summed E-state index contributed by atoms with van der Waals surface area (Å²) < 4.78 is 61.0.